The molecule has 0 amide bonds. The van der Waals surface area contributed by atoms with Crippen molar-refractivity contribution in [1.29, 1.82) is 0 Å². The second-order valence-electron chi connectivity index (χ2n) is 8.26. The van der Waals surface area contributed by atoms with Crippen LogP contribution in [0, 0.1) is 0 Å². The Morgan fingerprint density at radius 3 is 1.28 bits per heavy atom. The first-order chi connectivity index (χ1) is 15.1. The van der Waals surface area contributed by atoms with Crippen LogP contribution in [0.4, 0.5) is 0 Å². The van der Waals surface area contributed by atoms with E-state index < -0.39 is 11.9 Å². The SMILES string of the molecule is C=CC(=O)OCCOC(=O)CC[N+]1(C)CC[N+](C)(CCC(=O)OCCOC(=O)C=C)CC1. The topological polar surface area (TPSA) is 105 Å². The number of carbonyl (C=O) groups excluding carboxylic acids is 4. The fraction of sp³-hybridized carbons (Fsp3) is 0.636. The average Bonchev–Trinajstić information content (AvgIpc) is 2.79. The van der Waals surface area contributed by atoms with Gasteiger partial charge in [0.2, 0.25) is 0 Å². The third-order valence-corrected chi connectivity index (χ3v) is 5.59. The molecule has 0 spiro atoms. The van der Waals surface area contributed by atoms with Gasteiger partial charge in [-0.3, -0.25) is 9.59 Å². The summed E-state index contributed by atoms with van der Waals surface area (Å²) in [6, 6.07) is 0. The molecule has 0 atom stereocenters. The lowest BCUT2D eigenvalue weighted by Gasteiger charge is -2.46. The number of nitrogens with zero attached hydrogens (tertiary/aromatic N) is 2. The zero-order chi connectivity index (χ0) is 24.0. The summed E-state index contributed by atoms with van der Waals surface area (Å²) in [6.07, 6.45) is 2.70. The maximum Gasteiger partial charge on any atom is 0.330 e. The lowest BCUT2D eigenvalue weighted by molar-refractivity contribution is -1.01. The molecule has 0 aromatic heterocycles. The Hall–Kier alpha value is -2.72. The highest BCUT2D eigenvalue weighted by atomic mass is 16.6. The molecular weight excluding hydrogens is 420 g/mol. The van der Waals surface area contributed by atoms with Gasteiger partial charge >= 0.3 is 23.9 Å². The van der Waals surface area contributed by atoms with E-state index in [0.29, 0.717) is 25.9 Å². The third kappa shape index (κ3) is 11.1. The maximum atomic E-state index is 11.9. The lowest BCUT2D eigenvalue weighted by Crippen LogP contribution is -2.64. The molecule has 0 unspecified atom stereocenters. The van der Waals surface area contributed by atoms with Crippen molar-refractivity contribution in [2.75, 3.05) is 79.8 Å². The number of quaternary nitrogens is 2. The quantitative estimate of drug-likeness (QED) is 0.120. The van der Waals surface area contributed by atoms with Gasteiger partial charge in [-0.25, -0.2) is 9.59 Å². The average molecular weight is 457 g/mol. The van der Waals surface area contributed by atoms with E-state index >= 15 is 0 Å². The van der Waals surface area contributed by atoms with Crippen molar-refractivity contribution in [1.82, 2.24) is 0 Å². The molecule has 1 rings (SSSR count). The molecule has 1 heterocycles. The van der Waals surface area contributed by atoms with E-state index in [2.05, 4.69) is 27.3 Å². The van der Waals surface area contributed by atoms with Gasteiger partial charge in [-0.2, -0.15) is 0 Å². The van der Waals surface area contributed by atoms with Crippen molar-refractivity contribution in [3.8, 4) is 0 Å². The van der Waals surface area contributed by atoms with Gasteiger partial charge < -0.3 is 27.9 Å². The lowest BCUT2D eigenvalue weighted by atomic mass is 10.2. The summed E-state index contributed by atoms with van der Waals surface area (Å²) in [4.78, 5) is 45.7. The molecule has 0 aliphatic carbocycles. The van der Waals surface area contributed by atoms with Crippen LogP contribution in [-0.2, 0) is 38.1 Å². The van der Waals surface area contributed by atoms with E-state index in [-0.39, 0.29) is 38.4 Å². The summed E-state index contributed by atoms with van der Waals surface area (Å²) in [5.74, 6) is -1.72. The largest absolute Gasteiger partial charge is 0.462 e. The van der Waals surface area contributed by atoms with Crippen molar-refractivity contribution < 1.29 is 47.1 Å². The van der Waals surface area contributed by atoms with Gasteiger partial charge in [0, 0.05) is 12.2 Å². The van der Waals surface area contributed by atoms with E-state index in [4.69, 9.17) is 18.9 Å². The van der Waals surface area contributed by atoms with Crippen LogP contribution < -0.4 is 0 Å². The Morgan fingerprint density at radius 2 is 0.969 bits per heavy atom. The van der Waals surface area contributed by atoms with E-state index in [1.54, 1.807) is 0 Å². The van der Waals surface area contributed by atoms with Crippen LogP contribution in [0.25, 0.3) is 0 Å². The number of hydrogen-bond acceptors (Lipinski definition) is 8. The number of piperazine rings is 1. The number of carbonyl (C=O) groups is 4. The minimum Gasteiger partial charge on any atom is -0.462 e. The van der Waals surface area contributed by atoms with Gasteiger partial charge in [0.25, 0.3) is 0 Å². The highest BCUT2D eigenvalue weighted by molar-refractivity contribution is 5.81. The van der Waals surface area contributed by atoms with E-state index in [9.17, 15) is 19.2 Å². The van der Waals surface area contributed by atoms with Crippen LogP contribution in [0.1, 0.15) is 12.8 Å². The zero-order valence-corrected chi connectivity index (χ0v) is 19.2. The molecule has 0 radical (unpaired) electrons. The zero-order valence-electron chi connectivity index (χ0n) is 19.2. The molecule has 0 N–H and O–H groups in total. The van der Waals surface area contributed by atoms with Gasteiger partial charge in [-0.15, -0.1) is 0 Å². The first-order valence-electron chi connectivity index (χ1n) is 10.7. The summed E-state index contributed by atoms with van der Waals surface area (Å²) >= 11 is 0. The Bertz CT molecular complexity index is 625. The second-order valence-corrected chi connectivity index (χ2v) is 8.26. The second kappa shape index (κ2) is 13.6. The first kappa shape index (κ1) is 27.3. The van der Waals surface area contributed by atoms with Crippen molar-refractivity contribution >= 4 is 23.9 Å². The van der Waals surface area contributed by atoms with Gasteiger partial charge in [-0.05, 0) is 0 Å². The predicted octanol–water partition coefficient (Wildman–Crippen LogP) is 0.218. The minimum atomic E-state index is -0.545. The standard InChI is InChI=1S/C22H36N2O8/c1-5-19(25)29-15-17-31-21(27)7-9-23(3)11-13-24(4,14-12-23)10-8-22(28)32-18-16-30-20(26)6-2/h5-6H,1-2,7-18H2,3-4H3/q+2. The fourth-order valence-electron chi connectivity index (χ4n) is 3.22. The molecule has 180 valence electrons. The normalized spacial score (nSPS) is 22.3. The van der Waals surface area contributed by atoms with Gasteiger partial charge in [0.15, 0.2) is 0 Å². The molecule has 1 saturated heterocycles. The summed E-state index contributed by atoms with van der Waals surface area (Å²) in [6.45, 7) is 11.5. The van der Waals surface area contributed by atoms with Crippen molar-refractivity contribution in [3.05, 3.63) is 25.3 Å². The summed E-state index contributed by atoms with van der Waals surface area (Å²) in [7, 11) is 4.23. The number of likely N-dealkylation sites (N-methyl/N-ethyl adjacent to an activating group) is 2. The van der Waals surface area contributed by atoms with Crippen LogP contribution in [0.2, 0.25) is 0 Å². The van der Waals surface area contributed by atoms with Gasteiger partial charge in [0.1, 0.15) is 52.6 Å². The minimum absolute atomic E-state index is 0.0148. The molecule has 10 nitrogen and oxygen atoms in total. The Labute approximate surface area is 189 Å². The Balaban J connectivity index is 2.24. The molecule has 0 aromatic carbocycles. The molecule has 0 bridgehead atoms. The highest BCUT2D eigenvalue weighted by Gasteiger charge is 2.37. The first-order valence-corrected chi connectivity index (χ1v) is 10.7. The smallest absolute Gasteiger partial charge is 0.330 e. The van der Waals surface area contributed by atoms with Gasteiger partial charge in [-0.1, -0.05) is 13.2 Å². The molecule has 10 heteroatoms. The van der Waals surface area contributed by atoms with Crippen LogP contribution in [0.3, 0.4) is 0 Å². The molecule has 1 aliphatic rings. The summed E-state index contributed by atoms with van der Waals surface area (Å²) in [5, 5.41) is 0. The summed E-state index contributed by atoms with van der Waals surface area (Å²) < 4.78 is 21.2. The Kier molecular flexibility index (Phi) is 11.6. The number of hydrogen-bond donors (Lipinski definition) is 0. The highest BCUT2D eigenvalue weighted by Crippen LogP contribution is 2.17. The molecule has 0 saturated carbocycles. The molecule has 0 aromatic rings. The van der Waals surface area contributed by atoms with Crippen LogP contribution in [0.5, 0.6) is 0 Å². The molecular formula is C22H36N2O8+2. The number of ether oxygens (including phenoxy) is 4. The summed E-state index contributed by atoms with van der Waals surface area (Å²) in [5.41, 5.74) is 0. The van der Waals surface area contributed by atoms with E-state index in [0.717, 1.165) is 47.3 Å². The Morgan fingerprint density at radius 1 is 0.656 bits per heavy atom. The van der Waals surface area contributed by atoms with E-state index in [1.807, 2.05) is 0 Å². The number of esters is 4. The third-order valence-electron chi connectivity index (χ3n) is 5.59. The molecule has 1 fully saturated rings. The van der Waals surface area contributed by atoms with Crippen molar-refractivity contribution in [2.24, 2.45) is 0 Å². The fourth-order valence-corrected chi connectivity index (χ4v) is 3.22. The van der Waals surface area contributed by atoms with Crippen molar-refractivity contribution in [3.63, 3.8) is 0 Å². The maximum absolute atomic E-state index is 11.9. The predicted molar refractivity (Wildman–Crippen MR) is 115 cm³/mol. The van der Waals surface area contributed by atoms with Crippen LogP contribution in [-0.4, -0.2) is 113 Å². The molecule has 1 aliphatic heterocycles. The van der Waals surface area contributed by atoms with Crippen molar-refractivity contribution in [2.45, 2.75) is 12.8 Å². The molecule has 32 heavy (non-hydrogen) atoms. The van der Waals surface area contributed by atoms with Crippen LogP contribution >= 0.6 is 0 Å². The van der Waals surface area contributed by atoms with E-state index in [1.165, 1.54) is 0 Å². The van der Waals surface area contributed by atoms with Gasteiger partial charge in [0.05, 0.1) is 40.0 Å². The van der Waals surface area contributed by atoms with Crippen LogP contribution in [0.15, 0.2) is 25.3 Å². The number of rotatable bonds is 14. The monoisotopic (exact) mass is 456 g/mol.